The summed E-state index contributed by atoms with van der Waals surface area (Å²) in [6.45, 7) is 3.28. The quantitative estimate of drug-likeness (QED) is 0.787. The Balaban J connectivity index is 1.64. The van der Waals surface area contributed by atoms with Gasteiger partial charge >= 0.3 is 6.03 Å². The normalized spacial score (nSPS) is 19.8. The van der Waals surface area contributed by atoms with E-state index in [0.29, 0.717) is 17.1 Å². The fourth-order valence-electron chi connectivity index (χ4n) is 2.60. The minimum Gasteiger partial charge on any atom is -0.360 e. The van der Waals surface area contributed by atoms with Gasteiger partial charge in [0.25, 0.3) is 5.91 Å². The molecule has 0 bridgehead atoms. The van der Waals surface area contributed by atoms with Crippen molar-refractivity contribution >= 4 is 23.7 Å². The van der Waals surface area contributed by atoms with Crippen LogP contribution in [0.25, 0.3) is 0 Å². The van der Waals surface area contributed by atoms with E-state index in [1.165, 1.54) is 6.20 Å². The maximum Gasteiger partial charge on any atom is 0.325 e. The standard InChI is InChI=1S/C16H17N5O4/c1-10-8-12(20-25-10)18-13(22)5-7-21-14(23)16(2,19-15(21)24)11-4-3-6-17-9-11/h3-4,6,8-9H,5,7H2,1-2H3,(H,19,24)(H,18,20,22). The summed E-state index contributed by atoms with van der Waals surface area (Å²) in [6.07, 6.45) is 3.07. The van der Waals surface area contributed by atoms with Crippen molar-refractivity contribution in [1.29, 1.82) is 0 Å². The Bertz CT molecular complexity index is 819. The van der Waals surface area contributed by atoms with Crippen LogP contribution in [0.15, 0.2) is 35.1 Å². The lowest BCUT2D eigenvalue weighted by Crippen LogP contribution is -2.41. The molecule has 0 aliphatic carbocycles. The van der Waals surface area contributed by atoms with E-state index in [-0.39, 0.29) is 18.9 Å². The number of carbonyl (C=O) groups is 3. The molecule has 0 radical (unpaired) electrons. The van der Waals surface area contributed by atoms with E-state index < -0.39 is 17.5 Å². The second-order valence-corrected chi connectivity index (χ2v) is 5.87. The number of aryl methyl sites for hydroxylation is 1. The van der Waals surface area contributed by atoms with E-state index in [1.807, 2.05) is 0 Å². The zero-order valence-corrected chi connectivity index (χ0v) is 13.8. The number of rotatable bonds is 5. The lowest BCUT2D eigenvalue weighted by atomic mass is 9.93. The predicted molar refractivity (Wildman–Crippen MR) is 86.3 cm³/mol. The summed E-state index contributed by atoms with van der Waals surface area (Å²) in [5.74, 6) is 0.0657. The Kier molecular flexibility index (Phi) is 4.22. The van der Waals surface area contributed by atoms with Gasteiger partial charge in [0, 0.05) is 37.0 Å². The van der Waals surface area contributed by atoms with Gasteiger partial charge in [-0.3, -0.25) is 19.5 Å². The van der Waals surface area contributed by atoms with Crippen molar-refractivity contribution in [3.05, 3.63) is 41.9 Å². The summed E-state index contributed by atoms with van der Waals surface area (Å²) >= 11 is 0. The third kappa shape index (κ3) is 3.21. The molecule has 1 saturated heterocycles. The van der Waals surface area contributed by atoms with Gasteiger partial charge in [-0.05, 0) is 19.9 Å². The Morgan fingerprint density at radius 1 is 1.44 bits per heavy atom. The maximum atomic E-state index is 12.7. The van der Waals surface area contributed by atoms with Crippen molar-refractivity contribution in [2.45, 2.75) is 25.8 Å². The zero-order valence-electron chi connectivity index (χ0n) is 13.8. The van der Waals surface area contributed by atoms with E-state index in [1.54, 1.807) is 38.2 Å². The van der Waals surface area contributed by atoms with E-state index in [0.717, 1.165) is 4.90 Å². The molecule has 3 rings (SSSR count). The number of hydrogen-bond acceptors (Lipinski definition) is 6. The highest BCUT2D eigenvalue weighted by molar-refractivity contribution is 6.07. The molecule has 3 heterocycles. The van der Waals surface area contributed by atoms with E-state index in [4.69, 9.17) is 4.52 Å². The molecule has 2 aromatic rings. The number of pyridine rings is 1. The molecule has 1 unspecified atom stereocenters. The average molecular weight is 343 g/mol. The van der Waals surface area contributed by atoms with Crippen molar-refractivity contribution in [1.82, 2.24) is 20.4 Å². The van der Waals surface area contributed by atoms with Crippen LogP contribution >= 0.6 is 0 Å². The molecule has 0 spiro atoms. The number of carbonyl (C=O) groups excluding carboxylic acids is 3. The van der Waals surface area contributed by atoms with Crippen LogP contribution < -0.4 is 10.6 Å². The first-order valence-electron chi connectivity index (χ1n) is 7.68. The van der Waals surface area contributed by atoms with E-state index in [2.05, 4.69) is 20.8 Å². The highest BCUT2D eigenvalue weighted by Gasteiger charge is 2.48. The molecular formula is C16H17N5O4. The topological polar surface area (TPSA) is 117 Å². The number of anilines is 1. The third-order valence-electron chi connectivity index (χ3n) is 3.97. The number of hydrogen-bond donors (Lipinski definition) is 2. The molecule has 1 fully saturated rings. The maximum absolute atomic E-state index is 12.7. The van der Waals surface area contributed by atoms with Gasteiger partial charge in [-0.15, -0.1) is 0 Å². The Hall–Kier alpha value is -3.23. The second-order valence-electron chi connectivity index (χ2n) is 5.87. The predicted octanol–water partition coefficient (Wildman–Crippen LogP) is 1.17. The largest absolute Gasteiger partial charge is 0.360 e. The van der Waals surface area contributed by atoms with Crippen LogP contribution in [0.2, 0.25) is 0 Å². The van der Waals surface area contributed by atoms with Crippen molar-refractivity contribution in [2.24, 2.45) is 0 Å². The van der Waals surface area contributed by atoms with Crippen LogP contribution in [0.3, 0.4) is 0 Å². The van der Waals surface area contributed by atoms with Gasteiger partial charge in [-0.2, -0.15) is 0 Å². The van der Waals surface area contributed by atoms with Crippen molar-refractivity contribution in [3.63, 3.8) is 0 Å². The average Bonchev–Trinajstić information content (AvgIpc) is 3.09. The lowest BCUT2D eigenvalue weighted by Gasteiger charge is -2.21. The molecule has 25 heavy (non-hydrogen) atoms. The summed E-state index contributed by atoms with van der Waals surface area (Å²) in [6, 6.07) is 4.44. The minimum absolute atomic E-state index is 0.0385. The van der Waals surface area contributed by atoms with E-state index in [9.17, 15) is 14.4 Å². The molecule has 9 heteroatoms. The summed E-state index contributed by atoms with van der Waals surface area (Å²) in [7, 11) is 0. The van der Waals surface area contributed by atoms with Crippen LogP contribution in [0.5, 0.6) is 0 Å². The SMILES string of the molecule is Cc1cc(NC(=O)CCN2C(=O)NC(C)(c3cccnc3)C2=O)no1. The summed E-state index contributed by atoms with van der Waals surface area (Å²) in [4.78, 5) is 41.8. The lowest BCUT2D eigenvalue weighted by molar-refractivity contribution is -0.131. The molecule has 4 amide bonds. The monoisotopic (exact) mass is 343 g/mol. The Morgan fingerprint density at radius 3 is 2.88 bits per heavy atom. The molecule has 2 aromatic heterocycles. The summed E-state index contributed by atoms with van der Waals surface area (Å²) < 4.78 is 4.85. The Labute approximate surface area is 143 Å². The third-order valence-corrected chi connectivity index (χ3v) is 3.97. The van der Waals surface area contributed by atoms with Gasteiger partial charge < -0.3 is 15.2 Å². The summed E-state index contributed by atoms with van der Waals surface area (Å²) in [5, 5.41) is 8.86. The minimum atomic E-state index is -1.19. The van der Waals surface area contributed by atoms with Crippen molar-refractivity contribution in [3.8, 4) is 0 Å². The van der Waals surface area contributed by atoms with Crippen molar-refractivity contribution < 1.29 is 18.9 Å². The van der Waals surface area contributed by atoms with Gasteiger partial charge in [0.1, 0.15) is 11.3 Å². The Morgan fingerprint density at radius 2 is 2.24 bits per heavy atom. The number of amides is 4. The van der Waals surface area contributed by atoms with Gasteiger partial charge in [0.15, 0.2) is 5.82 Å². The molecular weight excluding hydrogens is 326 g/mol. The van der Waals surface area contributed by atoms with Gasteiger partial charge in [0.05, 0.1) is 0 Å². The van der Waals surface area contributed by atoms with Crippen LogP contribution in [0, 0.1) is 6.92 Å². The molecule has 1 aliphatic rings. The zero-order chi connectivity index (χ0) is 18.0. The van der Waals surface area contributed by atoms with Gasteiger partial charge in [-0.1, -0.05) is 11.2 Å². The molecule has 0 saturated carbocycles. The number of imide groups is 1. The molecule has 1 atom stereocenters. The van der Waals surface area contributed by atoms with Crippen LogP contribution in [-0.4, -0.2) is 39.4 Å². The first-order chi connectivity index (χ1) is 11.9. The smallest absolute Gasteiger partial charge is 0.325 e. The van der Waals surface area contributed by atoms with Gasteiger partial charge in [-0.25, -0.2) is 4.79 Å². The van der Waals surface area contributed by atoms with Crippen LogP contribution in [0.1, 0.15) is 24.7 Å². The number of nitrogens with one attached hydrogen (secondary N) is 2. The molecule has 9 nitrogen and oxygen atoms in total. The fraction of sp³-hybridized carbons (Fsp3) is 0.312. The fourth-order valence-corrected chi connectivity index (χ4v) is 2.60. The summed E-state index contributed by atoms with van der Waals surface area (Å²) in [5.41, 5.74) is -0.608. The van der Waals surface area contributed by atoms with Crippen molar-refractivity contribution in [2.75, 3.05) is 11.9 Å². The number of nitrogens with zero attached hydrogens (tertiary/aromatic N) is 3. The van der Waals surface area contributed by atoms with E-state index >= 15 is 0 Å². The van der Waals surface area contributed by atoms with Crippen LogP contribution in [-0.2, 0) is 15.1 Å². The highest BCUT2D eigenvalue weighted by atomic mass is 16.5. The second kappa shape index (κ2) is 6.34. The first kappa shape index (κ1) is 16.6. The number of urea groups is 1. The first-order valence-corrected chi connectivity index (χ1v) is 7.68. The number of aromatic nitrogens is 2. The molecule has 2 N–H and O–H groups in total. The molecule has 0 aromatic carbocycles. The molecule has 1 aliphatic heterocycles. The van der Waals surface area contributed by atoms with Gasteiger partial charge in [0.2, 0.25) is 5.91 Å². The van der Waals surface area contributed by atoms with Crippen LogP contribution in [0.4, 0.5) is 10.6 Å². The highest BCUT2D eigenvalue weighted by Crippen LogP contribution is 2.28. The molecule has 130 valence electrons.